The molecule has 0 aliphatic carbocycles. The molecule has 23 heavy (non-hydrogen) atoms. The minimum absolute atomic E-state index is 0.192. The Kier molecular flexibility index (Phi) is 4.15. The van der Waals surface area contributed by atoms with Crippen molar-refractivity contribution in [2.75, 3.05) is 19.5 Å². The molecule has 0 saturated heterocycles. The normalized spacial score (nSPS) is 10.3. The van der Waals surface area contributed by atoms with Crippen LogP contribution in [0, 0.1) is 0 Å². The number of fused-ring (bicyclic) bond motifs is 1. The van der Waals surface area contributed by atoms with Crippen molar-refractivity contribution in [1.29, 1.82) is 0 Å². The fourth-order valence-corrected chi connectivity index (χ4v) is 2.44. The summed E-state index contributed by atoms with van der Waals surface area (Å²) in [6, 6.07) is 18.8. The number of carbonyl (C=O) groups is 1. The zero-order valence-electron chi connectivity index (χ0n) is 13.0. The summed E-state index contributed by atoms with van der Waals surface area (Å²) in [5.41, 5.74) is 1.17. The summed E-state index contributed by atoms with van der Waals surface area (Å²) in [6.07, 6.45) is 0. The van der Waals surface area contributed by atoms with E-state index in [4.69, 9.17) is 9.47 Å². The van der Waals surface area contributed by atoms with E-state index in [0.717, 1.165) is 10.8 Å². The minimum Gasteiger partial charge on any atom is -0.497 e. The van der Waals surface area contributed by atoms with Crippen molar-refractivity contribution in [3.8, 4) is 11.5 Å². The third-order valence-corrected chi connectivity index (χ3v) is 3.67. The number of benzene rings is 3. The number of ether oxygens (including phenoxy) is 2. The van der Waals surface area contributed by atoms with Gasteiger partial charge in [0.25, 0.3) is 5.91 Å². The maximum atomic E-state index is 12.5. The number of anilines is 1. The second kappa shape index (κ2) is 6.40. The predicted octanol–water partition coefficient (Wildman–Crippen LogP) is 4.11. The Morgan fingerprint density at radius 3 is 2.39 bits per heavy atom. The molecule has 0 radical (unpaired) electrons. The number of hydrogen-bond donors (Lipinski definition) is 1. The van der Waals surface area contributed by atoms with Crippen molar-refractivity contribution in [2.24, 2.45) is 0 Å². The Balaban J connectivity index is 1.91. The van der Waals surface area contributed by atoms with Gasteiger partial charge in [0.05, 0.1) is 19.9 Å². The number of amides is 1. The van der Waals surface area contributed by atoms with Crippen LogP contribution in [0.2, 0.25) is 0 Å². The van der Waals surface area contributed by atoms with Crippen LogP contribution in [0.3, 0.4) is 0 Å². The molecule has 0 atom stereocenters. The van der Waals surface area contributed by atoms with Gasteiger partial charge in [-0.3, -0.25) is 4.79 Å². The zero-order valence-corrected chi connectivity index (χ0v) is 13.0. The average molecular weight is 307 g/mol. The summed E-state index contributed by atoms with van der Waals surface area (Å²) in [7, 11) is 3.14. The van der Waals surface area contributed by atoms with Gasteiger partial charge in [0.1, 0.15) is 11.5 Å². The molecule has 0 unspecified atom stereocenters. The van der Waals surface area contributed by atoms with E-state index in [1.165, 1.54) is 0 Å². The molecule has 0 bridgehead atoms. The molecule has 116 valence electrons. The zero-order chi connectivity index (χ0) is 16.2. The third kappa shape index (κ3) is 3.11. The molecular weight excluding hydrogens is 290 g/mol. The Morgan fingerprint density at radius 2 is 1.65 bits per heavy atom. The molecule has 0 aromatic heterocycles. The van der Waals surface area contributed by atoms with Gasteiger partial charge in [0.2, 0.25) is 0 Å². The lowest BCUT2D eigenvalue weighted by molar-refractivity contribution is 0.102. The summed E-state index contributed by atoms with van der Waals surface area (Å²) in [6.45, 7) is 0. The van der Waals surface area contributed by atoms with E-state index in [2.05, 4.69) is 5.32 Å². The van der Waals surface area contributed by atoms with Gasteiger partial charge in [-0.1, -0.05) is 30.3 Å². The van der Waals surface area contributed by atoms with Crippen LogP contribution in [0.4, 0.5) is 5.69 Å². The van der Waals surface area contributed by atoms with Crippen LogP contribution in [0.15, 0.2) is 60.7 Å². The van der Waals surface area contributed by atoms with Crippen molar-refractivity contribution >= 4 is 22.4 Å². The molecule has 0 aliphatic rings. The van der Waals surface area contributed by atoms with Crippen LogP contribution in [0.25, 0.3) is 10.8 Å². The first-order valence-corrected chi connectivity index (χ1v) is 7.23. The van der Waals surface area contributed by atoms with Crippen molar-refractivity contribution in [3.63, 3.8) is 0 Å². The first kappa shape index (κ1) is 14.9. The fourth-order valence-electron chi connectivity index (χ4n) is 2.44. The van der Waals surface area contributed by atoms with Gasteiger partial charge in [0, 0.05) is 11.6 Å². The topological polar surface area (TPSA) is 47.6 Å². The second-order valence-electron chi connectivity index (χ2n) is 5.08. The SMILES string of the molecule is COc1ccc(OC)c(NC(=O)c2ccc3ccccc3c2)c1. The average Bonchev–Trinajstić information content (AvgIpc) is 2.61. The molecule has 0 fully saturated rings. The molecule has 0 spiro atoms. The largest absolute Gasteiger partial charge is 0.497 e. The molecule has 0 heterocycles. The molecule has 3 aromatic carbocycles. The van der Waals surface area contributed by atoms with Crippen LogP contribution >= 0.6 is 0 Å². The highest BCUT2D eigenvalue weighted by Crippen LogP contribution is 2.29. The molecule has 3 aromatic rings. The number of methoxy groups -OCH3 is 2. The van der Waals surface area contributed by atoms with E-state index >= 15 is 0 Å². The van der Waals surface area contributed by atoms with Gasteiger partial charge >= 0.3 is 0 Å². The molecule has 1 N–H and O–H groups in total. The maximum absolute atomic E-state index is 12.5. The van der Waals surface area contributed by atoms with Crippen LogP contribution in [-0.4, -0.2) is 20.1 Å². The Hall–Kier alpha value is -3.01. The van der Waals surface area contributed by atoms with E-state index in [1.807, 2.05) is 42.5 Å². The third-order valence-electron chi connectivity index (χ3n) is 3.67. The molecule has 4 heteroatoms. The number of nitrogens with one attached hydrogen (secondary N) is 1. The van der Waals surface area contributed by atoms with Crippen molar-refractivity contribution in [1.82, 2.24) is 0 Å². The molecule has 0 saturated carbocycles. The van der Waals surface area contributed by atoms with E-state index in [9.17, 15) is 4.79 Å². The molecular formula is C19H17NO3. The van der Waals surface area contributed by atoms with Crippen molar-refractivity contribution in [3.05, 3.63) is 66.2 Å². The Morgan fingerprint density at radius 1 is 0.870 bits per heavy atom. The highest BCUT2D eigenvalue weighted by atomic mass is 16.5. The standard InChI is InChI=1S/C19H17NO3/c1-22-16-9-10-18(23-2)17(12-16)20-19(21)15-8-7-13-5-3-4-6-14(13)11-15/h3-12H,1-2H3,(H,20,21). The minimum atomic E-state index is -0.192. The first-order chi connectivity index (χ1) is 11.2. The van der Waals surface area contributed by atoms with Gasteiger partial charge in [-0.15, -0.1) is 0 Å². The van der Waals surface area contributed by atoms with Crippen LogP contribution in [0.5, 0.6) is 11.5 Å². The van der Waals surface area contributed by atoms with E-state index in [-0.39, 0.29) is 5.91 Å². The molecule has 3 rings (SSSR count). The lowest BCUT2D eigenvalue weighted by Gasteiger charge is -2.12. The maximum Gasteiger partial charge on any atom is 0.255 e. The van der Waals surface area contributed by atoms with Crippen molar-refractivity contribution < 1.29 is 14.3 Å². The summed E-state index contributed by atoms with van der Waals surface area (Å²) in [5, 5.41) is 5.00. The molecule has 1 amide bonds. The molecule has 0 aliphatic heterocycles. The predicted molar refractivity (Wildman–Crippen MR) is 91.4 cm³/mol. The van der Waals surface area contributed by atoms with Gasteiger partial charge < -0.3 is 14.8 Å². The Labute approximate surface area is 134 Å². The highest BCUT2D eigenvalue weighted by molar-refractivity contribution is 6.07. The summed E-state index contributed by atoms with van der Waals surface area (Å²) < 4.78 is 10.5. The highest BCUT2D eigenvalue weighted by Gasteiger charge is 2.11. The van der Waals surface area contributed by atoms with E-state index in [1.54, 1.807) is 32.4 Å². The summed E-state index contributed by atoms with van der Waals surface area (Å²) in [4.78, 5) is 12.5. The molecule has 4 nitrogen and oxygen atoms in total. The van der Waals surface area contributed by atoms with Gasteiger partial charge in [-0.25, -0.2) is 0 Å². The monoisotopic (exact) mass is 307 g/mol. The van der Waals surface area contributed by atoms with Crippen LogP contribution in [0.1, 0.15) is 10.4 Å². The number of hydrogen-bond acceptors (Lipinski definition) is 3. The fraction of sp³-hybridized carbons (Fsp3) is 0.105. The van der Waals surface area contributed by atoms with Crippen molar-refractivity contribution in [2.45, 2.75) is 0 Å². The van der Waals surface area contributed by atoms with Gasteiger partial charge in [-0.05, 0) is 35.0 Å². The van der Waals surface area contributed by atoms with Gasteiger partial charge in [-0.2, -0.15) is 0 Å². The number of rotatable bonds is 4. The quantitative estimate of drug-likeness (QED) is 0.789. The second-order valence-corrected chi connectivity index (χ2v) is 5.08. The lowest BCUT2D eigenvalue weighted by Crippen LogP contribution is -2.12. The van der Waals surface area contributed by atoms with Crippen LogP contribution in [-0.2, 0) is 0 Å². The summed E-state index contributed by atoms with van der Waals surface area (Å²) >= 11 is 0. The van der Waals surface area contributed by atoms with Crippen LogP contribution < -0.4 is 14.8 Å². The van der Waals surface area contributed by atoms with Gasteiger partial charge in [0.15, 0.2) is 0 Å². The Bertz CT molecular complexity index is 858. The summed E-state index contributed by atoms with van der Waals surface area (Å²) in [5.74, 6) is 1.04. The first-order valence-electron chi connectivity index (χ1n) is 7.23. The van der Waals surface area contributed by atoms with E-state index < -0.39 is 0 Å². The smallest absolute Gasteiger partial charge is 0.255 e. The van der Waals surface area contributed by atoms with E-state index in [0.29, 0.717) is 22.7 Å². The number of carbonyl (C=O) groups excluding carboxylic acids is 1. The lowest BCUT2D eigenvalue weighted by atomic mass is 10.1.